The number of fused-ring (bicyclic) bond motifs is 1. The first kappa shape index (κ1) is 13.4. The van der Waals surface area contributed by atoms with Crippen molar-refractivity contribution in [3.63, 3.8) is 0 Å². The van der Waals surface area contributed by atoms with Gasteiger partial charge in [-0.3, -0.25) is 4.90 Å². The number of imidazole rings is 1. The van der Waals surface area contributed by atoms with E-state index in [4.69, 9.17) is 0 Å². The Morgan fingerprint density at radius 3 is 2.55 bits per heavy atom. The number of H-pyrrole nitrogens is 1. The SMILES string of the molecule is FC(F)(F)C1CCN(Cc2nc3ccccc3[nH]2)CC1. The number of halogens is 3. The van der Waals surface area contributed by atoms with Crippen LogP contribution in [0.15, 0.2) is 24.3 Å². The Morgan fingerprint density at radius 1 is 1.20 bits per heavy atom. The fourth-order valence-electron chi connectivity index (χ4n) is 2.71. The molecule has 0 unspecified atom stereocenters. The lowest BCUT2D eigenvalue weighted by Gasteiger charge is -2.32. The van der Waals surface area contributed by atoms with Gasteiger partial charge < -0.3 is 4.98 Å². The number of hydrogen-bond acceptors (Lipinski definition) is 2. The normalized spacial score (nSPS) is 18.8. The molecule has 1 aliphatic rings. The van der Waals surface area contributed by atoms with Crippen LogP contribution in [-0.4, -0.2) is 34.1 Å². The van der Waals surface area contributed by atoms with Gasteiger partial charge in [0.05, 0.1) is 23.5 Å². The molecule has 1 fully saturated rings. The maximum atomic E-state index is 12.6. The molecular formula is C14H16F3N3. The number of nitrogens with zero attached hydrogens (tertiary/aromatic N) is 2. The zero-order valence-corrected chi connectivity index (χ0v) is 11.0. The number of nitrogens with one attached hydrogen (secondary N) is 1. The summed E-state index contributed by atoms with van der Waals surface area (Å²) < 4.78 is 37.8. The van der Waals surface area contributed by atoms with Crippen molar-refractivity contribution in [1.29, 1.82) is 0 Å². The lowest BCUT2D eigenvalue weighted by atomic mass is 9.96. The molecule has 2 aromatic rings. The number of aromatic nitrogens is 2. The summed E-state index contributed by atoms with van der Waals surface area (Å²) in [5, 5.41) is 0. The Morgan fingerprint density at radius 2 is 1.90 bits per heavy atom. The Hall–Kier alpha value is -1.56. The molecule has 0 amide bonds. The van der Waals surface area contributed by atoms with E-state index in [0.717, 1.165) is 16.9 Å². The molecule has 6 heteroatoms. The fraction of sp³-hybridized carbons (Fsp3) is 0.500. The minimum absolute atomic E-state index is 0.184. The molecule has 1 N–H and O–H groups in total. The monoisotopic (exact) mass is 283 g/mol. The summed E-state index contributed by atoms with van der Waals surface area (Å²) in [6, 6.07) is 7.72. The summed E-state index contributed by atoms with van der Waals surface area (Å²) in [7, 11) is 0. The van der Waals surface area contributed by atoms with Gasteiger partial charge in [-0.2, -0.15) is 13.2 Å². The highest BCUT2D eigenvalue weighted by Crippen LogP contribution is 2.34. The lowest BCUT2D eigenvalue weighted by Crippen LogP contribution is -2.38. The molecule has 1 aliphatic heterocycles. The Labute approximate surface area is 114 Å². The number of para-hydroxylation sites is 2. The molecule has 0 bridgehead atoms. The molecule has 0 saturated carbocycles. The highest BCUT2D eigenvalue weighted by Gasteiger charge is 2.41. The fourth-order valence-corrected chi connectivity index (χ4v) is 2.71. The first-order valence-corrected chi connectivity index (χ1v) is 6.75. The number of likely N-dealkylation sites (tertiary alicyclic amines) is 1. The predicted octanol–water partition coefficient (Wildman–Crippen LogP) is 3.34. The van der Waals surface area contributed by atoms with Crippen LogP contribution in [0.1, 0.15) is 18.7 Å². The smallest absolute Gasteiger partial charge is 0.341 e. The third-order valence-corrected chi connectivity index (χ3v) is 3.86. The summed E-state index contributed by atoms with van der Waals surface area (Å²) in [5.41, 5.74) is 1.86. The second-order valence-electron chi connectivity index (χ2n) is 5.29. The molecule has 1 aromatic heterocycles. The van der Waals surface area contributed by atoms with Gasteiger partial charge in [-0.25, -0.2) is 4.98 Å². The van der Waals surface area contributed by atoms with Crippen molar-refractivity contribution in [3.8, 4) is 0 Å². The highest BCUT2D eigenvalue weighted by atomic mass is 19.4. The molecule has 0 atom stereocenters. The van der Waals surface area contributed by atoms with Gasteiger partial charge in [0.15, 0.2) is 0 Å². The van der Waals surface area contributed by atoms with Crippen molar-refractivity contribution in [2.75, 3.05) is 13.1 Å². The van der Waals surface area contributed by atoms with Gasteiger partial charge in [0.25, 0.3) is 0 Å². The van der Waals surface area contributed by atoms with Crippen molar-refractivity contribution in [1.82, 2.24) is 14.9 Å². The molecular weight excluding hydrogens is 267 g/mol. The summed E-state index contributed by atoms with van der Waals surface area (Å²) in [5.74, 6) is -0.328. The highest BCUT2D eigenvalue weighted by molar-refractivity contribution is 5.74. The van der Waals surface area contributed by atoms with Crippen LogP contribution in [0.5, 0.6) is 0 Å². The number of alkyl halides is 3. The third kappa shape index (κ3) is 2.80. The Balaban J connectivity index is 1.62. The second kappa shape index (κ2) is 5.09. The average molecular weight is 283 g/mol. The van der Waals surface area contributed by atoms with Gasteiger partial charge in [-0.15, -0.1) is 0 Å². The maximum absolute atomic E-state index is 12.6. The lowest BCUT2D eigenvalue weighted by molar-refractivity contribution is -0.185. The van der Waals surface area contributed by atoms with E-state index in [1.54, 1.807) is 0 Å². The quantitative estimate of drug-likeness (QED) is 0.916. The van der Waals surface area contributed by atoms with Crippen LogP contribution < -0.4 is 0 Å². The Bertz CT molecular complexity index is 550. The van der Waals surface area contributed by atoms with Crippen LogP contribution in [0.4, 0.5) is 13.2 Å². The van der Waals surface area contributed by atoms with Crippen LogP contribution in [0, 0.1) is 5.92 Å². The summed E-state index contributed by atoms with van der Waals surface area (Å²) in [6.45, 7) is 1.53. The largest absolute Gasteiger partial charge is 0.391 e. The van der Waals surface area contributed by atoms with Gasteiger partial charge in [-0.1, -0.05) is 12.1 Å². The first-order chi connectivity index (χ1) is 9.52. The van der Waals surface area contributed by atoms with Crippen LogP contribution in [-0.2, 0) is 6.54 Å². The van der Waals surface area contributed by atoms with Gasteiger partial charge >= 0.3 is 6.18 Å². The summed E-state index contributed by atoms with van der Waals surface area (Å²) in [6.07, 6.45) is -3.68. The minimum Gasteiger partial charge on any atom is -0.341 e. The number of hydrogen-bond donors (Lipinski definition) is 1. The van der Waals surface area contributed by atoms with Crippen LogP contribution in [0.25, 0.3) is 11.0 Å². The predicted molar refractivity (Wildman–Crippen MR) is 70.1 cm³/mol. The minimum atomic E-state index is -4.05. The Kier molecular flexibility index (Phi) is 3.41. The van der Waals surface area contributed by atoms with Crippen molar-refractivity contribution in [2.45, 2.75) is 25.6 Å². The van der Waals surface area contributed by atoms with Crippen molar-refractivity contribution in [3.05, 3.63) is 30.1 Å². The zero-order chi connectivity index (χ0) is 14.2. The van der Waals surface area contributed by atoms with Crippen LogP contribution in [0.3, 0.4) is 0 Å². The number of rotatable bonds is 2. The van der Waals surface area contributed by atoms with E-state index in [-0.39, 0.29) is 12.8 Å². The summed E-state index contributed by atoms with van der Waals surface area (Å²) >= 11 is 0. The number of aromatic amines is 1. The number of piperidine rings is 1. The molecule has 2 heterocycles. The van der Waals surface area contributed by atoms with Crippen LogP contribution in [0.2, 0.25) is 0 Å². The van der Waals surface area contributed by atoms with Crippen molar-refractivity contribution >= 4 is 11.0 Å². The maximum Gasteiger partial charge on any atom is 0.391 e. The third-order valence-electron chi connectivity index (χ3n) is 3.86. The molecule has 1 saturated heterocycles. The molecule has 0 aliphatic carbocycles. The number of benzene rings is 1. The second-order valence-corrected chi connectivity index (χ2v) is 5.29. The van der Waals surface area contributed by atoms with E-state index in [1.807, 2.05) is 29.2 Å². The topological polar surface area (TPSA) is 31.9 Å². The van der Waals surface area contributed by atoms with E-state index in [0.29, 0.717) is 19.6 Å². The molecule has 1 aromatic carbocycles. The standard InChI is InChI=1S/C14H16F3N3/c15-14(16,17)10-5-7-20(8-6-10)9-13-18-11-3-1-2-4-12(11)19-13/h1-4,10H,5-9H2,(H,18,19). The molecule has 0 spiro atoms. The van der Waals surface area contributed by atoms with Crippen molar-refractivity contribution in [2.24, 2.45) is 5.92 Å². The first-order valence-electron chi connectivity index (χ1n) is 6.75. The zero-order valence-electron chi connectivity index (χ0n) is 11.0. The molecule has 0 radical (unpaired) electrons. The molecule has 20 heavy (non-hydrogen) atoms. The van der Waals surface area contributed by atoms with Gasteiger partial charge in [0.1, 0.15) is 5.82 Å². The average Bonchev–Trinajstić information content (AvgIpc) is 2.80. The van der Waals surface area contributed by atoms with Gasteiger partial charge in [0, 0.05) is 0 Å². The van der Waals surface area contributed by atoms with E-state index >= 15 is 0 Å². The van der Waals surface area contributed by atoms with Crippen LogP contribution >= 0.6 is 0 Å². The van der Waals surface area contributed by atoms with Gasteiger partial charge in [-0.05, 0) is 38.1 Å². The van der Waals surface area contributed by atoms with E-state index in [9.17, 15) is 13.2 Å². The summed E-state index contributed by atoms with van der Waals surface area (Å²) in [4.78, 5) is 9.69. The molecule has 108 valence electrons. The van der Waals surface area contributed by atoms with E-state index in [1.165, 1.54) is 0 Å². The molecule has 3 nitrogen and oxygen atoms in total. The van der Waals surface area contributed by atoms with E-state index in [2.05, 4.69) is 9.97 Å². The molecule has 3 rings (SSSR count). The van der Waals surface area contributed by atoms with Crippen molar-refractivity contribution < 1.29 is 13.2 Å². The van der Waals surface area contributed by atoms with Gasteiger partial charge in [0.2, 0.25) is 0 Å². The van der Waals surface area contributed by atoms with E-state index < -0.39 is 12.1 Å².